The number of imidazole rings is 1. The number of anilines is 1. The summed E-state index contributed by atoms with van der Waals surface area (Å²) in [4.78, 5) is 6.84. The highest BCUT2D eigenvalue weighted by molar-refractivity contribution is 5.29. The molecule has 0 unspecified atom stereocenters. The number of piperidine rings is 1. The van der Waals surface area contributed by atoms with E-state index in [4.69, 9.17) is 0 Å². The van der Waals surface area contributed by atoms with E-state index in [1.54, 1.807) is 0 Å². The fourth-order valence-corrected chi connectivity index (χ4v) is 2.09. The van der Waals surface area contributed by atoms with Crippen molar-refractivity contribution < 1.29 is 0 Å². The minimum absolute atomic E-state index is 0.585. The molecular formula is C11H20N4. The van der Waals surface area contributed by atoms with E-state index in [1.807, 2.05) is 14.0 Å². The zero-order valence-electron chi connectivity index (χ0n) is 9.82. The van der Waals surface area contributed by atoms with Crippen molar-refractivity contribution in [1.82, 2.24) is 14.5 Å². The predicted molar refractivity (Wildman–Crippen MR) is 62.1 cm³/mol. The van der Waals surface area contributed by atoms with Crippen LogP contribution in [0.1, 0.15) is 18.5 Å². The Labute approximate surface area is 91.3 Å². The Morgan fingerprint density at radius 2 is 2.00 bits per heavy atom. The first kappa shape index (κ1) is 10.5. The van der Waals surface area contributed by atoms with Gasteiger partial charge in [0, 0.05) is 19.3 Å². The van der Waals surface area contributed by atoms with E-state index < -0.39 is 0 Å². The molecule has 1 aromatic rings. The van der Waals surface area contributed by atoms with Crippen LogP contribution in [0.25, 0.3) is 0 Å². The third-order valence-electron chi connectivity index (χ3n) is 3.05. The van der Waals surface area contributed by atoms with E-state index >= 15 is 0 Å². The zero-order valence-corrected chi connectivity index (χ0v) is 9.82. The largest absolute Gasteiger partial charge is 0.353 e. The van der Waals surface area contributed by atoms with Crippen LogP contribution in [-0.2, 0) is 7.05 Å². The Morgan fingerprint density at radius 1 is 1.33 bits per heavy atom. The lowest BCUT2D eigenvalue weighted by Crippen LogP contribution is -2.37. The van der Waals surface area contributed by atoms with E-state index in [9.17, 15) is 0 Å². The molecule has 0 radical (unpaired) electrons. The van der Waals surface area contributed by atoms with Crippen LogP contribution in [-0.4, -0.2) is 40.6 Å². The first-order valence-corrected chi connectivity index (χ1v) is 5.60. The van der Waals surface area contributed by atoms with Crippen LogP contribution < -0.4 is 5.32 Å². The fourth-order valence-electron chi connectivity index (χ4n) is 2.09. The lowest BCUT2D eigenvalue weighted by molar-refractivity contribution is 0.263. The highest BCUT2D eigenvalue weighted by Gasteiger charge is 2.17. The van der Waals surface area contributed by atoms with Crippen LogP contribution in [0.2, 0.25) is 0 Å². The van der Waals surface area contributed by atoms with Gasteiger partial charge in [-0.15, -0.1) is 0 Å². The molecule has 4 nitrogen and oxygen atoms in total. The number of rotatable bonds is 2. The van der Waals surface area contributed by atoms with Crippen molar-refractivity contribution in [2.75, 3.05) is 25.5 Å². The molecule has 1 saturated heterocycles. The summed E-state index contributed by atoms with van der Waals surface area (Å²) >= 11 is 0. The number of aryl methyl sites for hydroxylation is 2. The van der Waals surface area contributed by atoms with Crippen LogP contribution >= 0.6 is 0 Å². The summed E-state index contributed by atoms with van der Waals surface area (Å²) in [6.45, 7) is 4.39. The number of hydrogen-bond acceptors (Lipinski definition) is 3. The van der Waals surface area contributed by atoms with Crippen LogP contribution in [0.5, 0.6) is 0 Å². The molecule has 0 aromatic carbocycles. The van der Waals surface area contributed by atoms with Gasteiger partial charge in [-0.2, -0.15) is 0 Å². The molecule has 2 heterocycles. The van der Waals surface area contributed by atoms with Gasteiger partial charge >= 0.3 is 0 Å². The van der Waals surface area contributed by atoms with Crippen molar-refractivity contribution >= 4 is 5.95 Å². The first-order valence-electron chi connectivity index (χ1n) is 5.60. The van der Waals surface area contributed by atoms with Crippen molar-refractivity contribution in [3.63, 3.8) is 0 Å². The van der Waals surface area contributed by atoms with Crippen molar-refractivity contribution in [3.05, 3.63) is 11.9 Å². The Hall–Kier alpha value is -1.03. The maximum atomic E-state index is 4.46. The van der Waals surface area contributed by atoms with E-state index in [1.165, 1.54) is 25.9 Å². The van der Waals surface area contributed by atoms with Gasteiger partial charge in [-0.3, -0.25) is 0 Å². The maximum Gasteiger partial charge on any atom is 0.202 e. The Bertz CT molecular complexity index is 323. The molecule has 1 aliphatic rings. The molecule has 1 aromatic heterocycles. The minimum atomic E-state index is 0.585. The number of nitrogens with zero attached hydrogens (tertiary/aromatic N) is 3. The van der Waals surface area contributed by atoms with Gasteiger partial charge in [-0.25, -0.2) is 4.98 Å². The number of aromatic nitrogens is 2. The molecule has 15 heavy (non-hydrogen) atoms. The quantitative estimate of drug-likeness (QED) is 0.793. The summed E-state index contributed by atoms with van der Waals surface area (Å²) in [7, 11) is 4.22. The number of likely N-dealkylation sites (tertiary alicyclic amines) is 1. The summed E-state index contributed by atoms with van der Waals surface area (Å²) in [6, 6.07) is 0.585. The highest BCUT2D eigenvalue weighted by atomic mass is 15.2. The van der Waals surface area contributed by atoms with Crippen molar-refractivity contribution in [2.45, 2.75) is 25.8 Å². The molecule has 0 atom stereocenters. The molecule has 84 valence electrons. The van der Waals surface area contributed by atoms with Crippen molar-refractivity contribution in [1.29, 1.82) is 0 Å². The zero-order chi connectivity index (χ0) is 10.8. The van der Waals surface area contributed by atoms with Gasteiger partial charge in [0.1, 0.15) is 0 Å². The number of hydrogen-bond donors (Lipinski definition) is 1. The second kappa shape index (κ2) is 4.23. The molecule has 0 amide bonds. The second-order valence-electron chi connectivity index (χ2n) is 4.54. The SMILES string of the molecule is Cc1cn(C)c(NC2CCN(C)CC2)n1. The monoisotopic (exact) mass is 208 g/mol. The van der Waals surface area contributed by atoms with Crippen LogP contribution in [0, 0.1) is 6.92 Å². The second-order valence-corrected chi connectivity index (χ2v) is 4.54. The molecule has 1 fully saturated rings. The van der Waals surface area contributed by atoms with Crippen LogP contribution in [0.15, 0.2) is 6.20 Å². The van der Waals surface area contributed by atoms with Gasteiger partial charge in [-0.1, -0.05) is 0 Å². The lowest BCUT2D eigenvalue weighted by atomic mass is 10.1. The molecule has 0 bridgehead atoms. The standard InChI is InChI=1S/C11H20N4/c1-9-8-15(3)11(12-9)13-10-4-6-14(2)7-5-10/h8,10H,4-7H2,1-3H3,(H,12,13). The molecule has 1 N–H and O–H groups in total. The van der Waals surface area contributed by atoms with E-state index in [-0.39, 0.29) is 0 Å². The van der Waals surface area contributed by atoms with Crippen molar-refractivity contribution in [3.8, 4) is 0 Å². The van der Waals surface area contributed by atoms with E-state index in [0.29, 0.717) is 6.04 Å². The van der Waals surface area contributed by atoms with Crippen LogP contribution in [0.4, 0.5) is 5.95 Å². The third-order valence-corrected chi connectivity index (χ3v) is 3.05. The molecule has 0 saturated carbocycles. The predicted octanol–water partition coefficient (Wildman–Crippen LogP) is 1.23. The highest BCUT2D eigenvalue weighted by Crippen LogP contribution is 2.14. The van der Waals surface area contributed by atoms with E-state index in [0.717, 1.165) is 11.6 Å². The van der Waals surface area contributed by atoms with Gasteiger partial charge < -0.3 is 14.8 Å². The molecule has 1 aliphatic heterocycles. The normalized spacial score (nSPS) is 19.4. The molecular weight excluding hydrogens is 188 g/mol. The summed E-state index contributed by atoms with van der Waals surface area (Å²) < 4.78 is 2.06. The Kier molecular flexibility index (Phi) is 2.95. The minimum Gasteiger partial charge on any atom is -0.353 e. The van der Waals surface area contributed by atoms with Gasteiger partial charge in [0.2, 0.25) is 5.95 Å². The first-order chi connectivity index (χ1) is 7.15. The summed E-state index contributed by atoms with van der Waals surface area (Å²) in [5, 5.41) is 3.52. The molecule has 0 spiro atoms. The van der Waals surface area contributed by atoms with E-state index in [2.05, 4.69) is 33.0 Å². The average Bonchev–Trinajstić information content (AvgIpc) is 2.49. The fraction of sp³-hybridized carbons (Fsp3) is 0.727. The Morgan fingerprint density at radius 3 is 2.53 bits per heavy atom. The summed E-state index contributed by atoms with van der Waals surface area (Å²) in [5.74, 6) is 1.00. The smallest absolute Gasteiger partial charge is 0.202 e. The summed E-state index contributed by atoms with van der Waals surface area (Å²) in [6.07, 6.45) is 4.47. The average molecular weight is 208 g/mol. The Balaban J connectivity index is 1.94. The van der Waals surface area contributed by atoms with Gasteiger partial charge in [0.25, 0.3) is 0 Å². The van der Waals surface area contributed by atoms with Crippen LogP contribution in [0.3, 0.4) is 0 Å². The van der Waals surface area contributed by atoms with Gasteiger partial charge in [-0.05, 0) is 39.9 Å². The van der Waals surface area contributed by atoms with Gasteiger partial charge in [0.15, 0.2) is 0 Å². The summed E-state index contributed by atoms with van der Waals surface area (Å²) in [5.41, 5.74) is 1.08. The molecule has 4 heteroatoms. The maximum absolute atomic E-state index is 4.46. The van der Waals surface area contributed by atoms with Gasteiger partial charge in [0.05, 0.1) is 5.69 Å². The topological polar surface area (TPSA) is 33.1 Å². The van der Waals surface area contributed by atoms with Crippen molar-refractivity contribution in [2.24, 2.45) is 7.05 Å². The third kappa shape index (κ3) is 2.50. The molecule has 0 aliphatic carbocycles. The molecule has 2 rings (SSSR count). The number of nitrogens with one attached hydrogen (secondary N) is 1. The lowest BCUT2D eigenvalue weighted by Gasteiger charge is -2.29.